The number of anilines is 1. The number of carbonyl (C=O) groups is 3. The largest absolute Gasteiger partial charge is 0.468 e. The van der Waals surface area contributed by atoms with E-state index >= 15 is 0 Å². The molecule has 2 rings (SSSR count). The van der Waals surface area contributed by atoms with Crippen molar-refractivity contribution in [2.45, 2.75) is 6.92 Å². The molecule has 0 bridgehead atoms. The zero-order valence-electron chi connectivity index (χ0n) is 15.3. The lowest BCUT2D eigenvalue weighted by atomic mass is 10.2. The first-order valence-corrected chi connectivity index (χ1v) is 8.16. The van der Waals surface area contributed by atoms with E-state index in [1.807, 2.05) is 0 Å². The molecule has 0 atom stereocenters. The fourth-order valence-electron chi connectivity index (χ4n) is 2.66. The first-order valence-electron chi connectivity index (χ1n) is 8.16. The van der Waals surface area contributed by atoms with Crippen LogP contribution in [0.4, 0.5) is 10.5 Å². The average Bonchev–Trinajstić information content (AvgIpc) is 2.98. The number of amides is 3. The van der Waals surface area contributed by atoms with Crippen LogP contribution in [0.15, 0.2) is 24.3 Å². The van der Waals surface area contributed by atoms with Crippen molar-refractivity contribution in [3.63, 3.8) is 0 Å². The van der Waals surface area contributed by atoms with Crippen molar-refractivity contribution < 1.29 is 19.1 Å². The highest BCUT2D eigenvalue weighted by molar-refractivity contribution is 5.97. The number of nitrogens with two attached hydrogens (primary N) is 1. The summed E-state index contributed by atoms with van der Waals surface area (Å²) < 4.78 is 4.58. The smallest absolute Gasteiger partial charge is 0.325 e. The van der Waals surface area contributed by atoms with Crippen LogP contribution < -0.4 is 10.6 Å². The standard InChI is InChI=1S/C17H23N5O4.ClH/c1-12(23)21(11-15(24)26-2)8-7-20-9-10-22(17(20)25)14-5-3-13(4-6-14)16(18)19;/h3-6H,7-11H2,1-2H3,(H3,18,19);1H. The van der Waals surface area contributed by atoms with Crippen LogP contribution in [0.3, 0.4) is 0 Å². The Labute approximate surface area is 163 Å². The van der Waals surface area contributed by atoms with Gasteiger partial charge in [-0.2, -0.15) is 0 Å². The van der Waals surface area contributed by atoms with Gasteiger partial charge in [0.25, 0.3) is 0 Å². The molecule has 1 aliphatic rings. The van der Waals surface area contributed by atoms with Crippen LogP contribution in [-0.2, 0) is 14.3 Å². The van der Waals surface area contributed by atoms with E-state index in [1.165, 1.54) is 18.9 Å². The maximum atomic E-state index is 12.6. The summed E-state index contributed by atoms with van der Waals surface area (Å²) in [6, 6.07) is 6.72. The quantitative estimate of drug-likeness (QED) is 0.397. The van der Waals surface area contributed by atoms with Crippen LogP contribution in [0, 0.1) is 5.41 Å². The molecule has 1 aromatic carbocycles. The molecular weight excluding hydrogens is 374 g/mol. The fraction of sp³-hybridized carbons (Fsp3) is 0.412. The molecule has 0 radical (unpaired) electrons. The first kappa shape index (κ1) is 22.2. The van der Waals surface area contributed by atoms with E-state index in [1.54, 1.807) is 34.1 Å². The molecule has 0 spiro atoms. The highest BCUT2D eigenvalue weighted by Gasteiger charge is 2.30. The van der Waals surface area contributed by atoms with Gasteiger partial charge in [0, 0.05) is 44.4 Å². The Morgan fingerprint density at radius 3 is 2.41 bits per heavy atom. The molecule has 1 fully saturated rings. The highest BCUT2D eigenvalue weighted by Crippen LogP contribution is 2.20. The summed E-state index contributed by atoms with van der Waals surface area (Å²) in [5.74, 6) is -0.778. The van der Waals surface area contributed by atoms with E-state index in [4.69, 9.17) is 11.1 Å². The summed E-state index contributed by atoms with van der Waals surface area (Å²) in [7, 11) is 1.26. The Hall–Kier alpha value is -2.81. The van der Waals surface area contributed by atoms with Crippen LogP contribution in [0.5, 0.6) is 0 Å². The third kappa shape index (κ3) is 5.58. The maximum Gasteiger partial charge on any atom is 0.325 e. The molecule has 9 nitrogen and oxygen atoms in total. The number of halogens is 1. The number of urea groups is 1. The normalized spacial score (nSPS) is 13.2. The number of rotatable bonds is 7. The molecule has 0 aliphatic carbocycles. The van der Waals surface area contributed by atoms with E-state index < -0.39 is 5.97 Å². The van der Waals surface area contributed by atoms with Crippen molar-refractivity contribution in [1.82, 2.24) is 9.80 Å². The summed E-state index contributed by atoms with van der Waals surface area (Å²) >= 11 is 0. The van der Waals surface area contributed by atoms with Gasteiger partial charge < -0.3 is 20.3 Å². The van der Waals surface area contributed by atoms with E-state index in [0.717, 1.165) is 5.69 Å². The van der Waals surface area contributed by atoms with Gasteiger partial charge in [-0.3, -0.25) is 19.9 Å². The van der Waals surface area contributed by atoms with E-state index in [2.05, 4.69) is 4.74 Å². The number of hydrogen-bond acceptors (Lipinski definition) is 5. The molecule has 1 saturated heterocycles. The minimum Gasteiger partial charge on any atom is -0.468 e. The van der Waals surface area contributed by atoms with Gasteiger partial charge in [-0.15, -0.1) is 12.4 Å². The van der Waals surface area contributed by atoms with Crippen molar-refractivity contribution in [1.29, 1.82) is 5.41 Å². The summed E-state index contributed by atoms with van der Waals surface area (Å²) in [5, 5.41) is 7.40. The molecule has 10 heteroatoms. The van der Waals surface area contributed by atoms with E-state index in [9.17, 15) is 14.4 Å². The molecule has 0 saturated carbocycles. The summed E-state index contributed by atoms with van der Waals surface area (Å²) in [6.45, 7) is 2.87. The van der Waals surface area contributed by atoms with Crippen LogP contribution in [0.2, 0.25) is 0 Å². The molecule has 148 valence electrons. The highest BCUT2D eigenvalue weighted by atomic mass is 35.5. The zero-order valence-corrected chi connectivity index (χ0v) is 16.1. The summed E-state index contributed by atoms with van der Waals surface area (Å²) in [4.78, 5) is 40.2. The van der Waals surface area contributed by atoms with Crippen LogP contribution in [0.1, 0.15) is 12.5 Å². The van der Waals surface area contributed by atoms with Gasteiger partial charge >= 0.3 is 12.0 Å². The number of esters is 1. The predicted octanol–water partition coefficient (Wildman–Crippen LogP) is 0.656. The molecule has 1 aromatic rings. The second-order valence-corrected chi connectivity index (χ2v) is 5.90. The molecular formula is C17H24ClN5O4. The lowest BCUT2D eigenvalue weighted by molar-refractivity contribution is -0.146. The van der Waals surface area contributed by atoms with Crippen LogP contribution in [-0.4, -0.2) is 73.4 Å². The number of carbonyl (C=O) groups excluding carboxylic acids is 3. The number of benzene rings is 1. The van der Waals surface area contributed by atoms with Gasteiger partial charge in [-0.1, -0.05) is 0 Å². The second-order valence-electron chi connectivity index (χ2n) is 5.90. The zero-order chi connectivity index (χ0) is 19.3. The van der Waals surface area contributed by atoms with Gasteiger partial charge in [0.05, 0.1) is 7.11 Å². The van der Waals surface area contributed by atoms with Crippen LogP contribution >= 0.6 is 12.4 Å². The van der Waals surface area contributed by atoms with Gasteiger partial charge in [0.15, 0.2) is 0 Å². The third-order valence-electron chi connectivity index (χ3n) is 4.22. The number of methoxy groups -OCH3 is 1. The number of nitrogens with one attached hydrogen (secondary N) is 1. The van der Waals surface area contributed by atoms with Crippen molar-refractivity contribution >= 4 is 41.8 Å². The lowest BCUT2D eigenvalue weighted by Gasteiger charge is -2.24. The van der Waals surface area contributed by atoms with Crippen molar-refractivity contribution in [2.75, 3.05) is 44.7 Å². The fourth-order valence-corrected chi connectivity index (χ4v) is 2.66. The van der Waals surface area contributed by atoms with Gasteiger partial charge in [-0.25, -0.2) is 4.79 Å². The Bertz CT molecular complexity index is 710. The SMILES string of the molecule is COC(=O)CN(CCN1CCN(c2ccc(C(=N)N)cc2)C1=O)C(C)=O.Cl. The Balaban J connectivity index is 0.00000364. The van der Waals surface area contributed by atoms with Crippen molar-refractivity contribution in [3.05, 3.63) is 29.8 Å². The van der Waals surface area contributed by atoms with Gasteiger partial charge in [0.2, 0.25) is 5.91 Å². The number of hydrogen-bond donors (Lipinski definition) is 2. The maximum absolute atomic E-state index is 12.6. The number of nitrogen functional groups attached to an aromatic ring is 1. The summed E-state index contributed by atoms with van der Waals surface area (Å²) in [5.41, 5.74) is 6.75. The van der Waals surface area contributed by atoms with E-state index in [0.29, 0.717) is 25.2 Å². The summed E-state index contributed by atoms with van der Waals surface area (Å²) in [6.07, 6.45) is 0. The predicted molar refractivity (Wildman–Crippen MR) is 103 cm³/mol. The molecule has 27 heavy (non-hydrogen) atoms. The van der Waals surface area contributed by atoms with Crippen molar-refractivity contribution in [3.8, 4) is 0 Å². The van der Waals surface area contributed by atoms with Crippen molar-refractivity contribution in [2.24, 2.45) is 5.73 Å². The molecule has 0 unspecified atom stereocenters. The molecule has 0 aromatic heterocycles. The number of amidine groups is 1. The second kappa shape index (κ2) is 9.77. The minimum atomic E-state index is -0.500. The van der Waals surface area contributed by atoms with Gasteiger partial charge in [-0.05, 0) is 24.3 Å². The monoisotopic (exact) mass is 397 g/mol. The lowest BCUT2D eigenvalue weighted by Crippen LogP contribution is -2.42. The average molecular weight is 398 g/mol. The Morgan fingerprint density at radius 2 is 1.89 bits per heavy atom. The minimum absolute atomic E-state index is 0. The number of ether oxygens (including phenoxy) is 1. The third-order valence-corrected chi connectivity index (χ3v) is 4.22. The Morgan fingerprint density at radius 1 is 1.26 bits per heavy atom. The number of nitrogens with zero attached hydrogens (tertiary/aromatic N) is 3. The molecule has 3 amide bonds. The van der Waals surface area contributed by atoms with Crippen LogP contribution in [0.25, 0.3) is 0 Å². The molecule has 1 aliphatic heterocycles. The molecule has 3 N–H and O–H groups in total. The first-order chi connectivity index (χ1) is 12.3. The van der Waals surface area contributed by atoms with E-state index in [-0.39, 0.29) is 43.3 Å². The molecule has 1 heterocycles. The van der Waals surface area contributed by atoms with Gasteiger partial charge in [0.1, 0.15) is 12.4 Å². The topological polar surface area (TPSA) is 120 Å². The Kier molecular flexibility index (Phi) is 8.04.